The first-order valence-corrected chi connectivity index (χ1v) is 6.55. The highest BCUT2D eigenvalue weighted by Crippen LogP contribution is 2.13. The molecule has 1 aromatic carbocycles. The number of ether oxygens (including phenoxy) is 1. The van der Waals surface area contributed by atoms with Crippen molar-refractivity contribution in [3.05, 3.63) is 35.4 Å². The summed E-state index contributed by atoms with van der Waals surface area (Å²) in [6.45, 7) is 7.58. The summed E-state index contributed by atoms with van der Waals surface area (Å²) in [6, 6.07) is 8.39. The van der Waals surface area contributed by atoms with Gasteiger partial charge in [-0.05, 0) is 31.9 Å². The van der Waals surface area contributed by atoms with Crippen molar-refractivity contribution in [1.82, 2.24) is 10.6 Å². The summed E-state index contributed by atoms with van der Waals surface area (Å²) in [5.74, 6) is 0.788. The van der Waals surface area contributed by atoms with Crippen molar-refractivity contribution >= 4 is 5.96 Å². The maximum atomic E-state index is 5.78. The van der Waals surface area contributed by atoms with E-state index in [9.17, 15) is 0 Å². The lowest BCUT2D eigenvalue weighted by molar-refractivity contribution is -0.0149. The third-order valence-corrected chi connectivity index (χ3v) is 2.58. The highest BCUT2D eigenvalue weighted by atomic mass is 16.5. The van der Waals surface area contributed by atoms with Gasteiger partial charge in [0, 0.05) is 20.6 Å². The summed E-state index contributed by atoms with van der Waals surface area (Å²) in [7, 11) is 3.61. The summed E-state index contributed by atoms with van der Waals surface area (Å²) < 4.78 is 5.78. The van der Waals surface area contributed by atoms with Crippen LogP contribution in [0.1, 0.15) is 31.9 Å². The molecule has 0 aromatic heterocycles. The van der Waals surface area contributed by atoms with E-state index in [0.717, 1.165) is 12.5 Å². The first-order chi connectivity index (χ1) is 8.94. The van der Waals surface area contributed by atoms with Crippen molar-refractivity contribution in [2.45, 2.75) is 39.5 Å². The number of nitrogens with one attached hydrogen (secondary N) is 2. The first-order valence-electron chi connectivity index (χ1n) is 6.55. The summed E-state index contributed by atoms with van der Waals surface area (Å²) in [4.78, 5) is 4.08. The first kappa shape index (κ1) is 15.5. The lowest BCUT2D eigenvalue weighted by Gasteiger charge is -2.19. The van der Waals surface area contributed by atoms with Gasteiger partial charge in [-0.2, -0.15) is 0 Å². The minimum absolute atomic E-state index is 0.109. The second kappa shape index (κ2) is 7.14. The molecular formula is C15H25N3O. The normalized spacial score (nSPS) is 12.4. The SMILES string of the molecule is CN=C(NC)NCc1cccc(COC(C)(C)C)c1. The second-order valence-corrected chi connectivity index (χ2v) is 5.40. The molecule has 0 unspecified atom stereocenters. The third-order valence-electron chi connectivity index (χ3n) is 2.58. The van der Waals surface area contributed by atoms with E-state index in [1.807, 2.05) is 7.05 Å². The monoisotopic (exact) mass is 263 g/mol. The van der Waals surface area contributed by atoms with Gasteiger partial charge in [-0.1, -0.05) is 24.3 Å². The number of nitrogens with zero attached hydrogens (tertiary/aromatic N) is 1. The average molecular weight is 263 g/mol. The number of guanidine groups is 1. The van der Waals surface area contributed by atoms with Crippen LogP contribution in [0.3, 0.4) is 0 Å². The van der Waals surface area contributed by atoms with Gasteiger partial charge in [0.2, 0.25) is 0 Å². The molecule has 0 bridgehead atoms. The van der Waals surface area contributed by atoms with Gasteiger partial charge in [0.05, 0.1) is 12.2 Å². The lowest BCUT2D eigenvalue weighted by Crippen LogP contribution is -2.34. The zero-order chi connectivity index (χ0) is 14.3. The Kier molecular flexibility index (Phi) is 5.83. The molecule has 0 spiro atoms. The van der Waals surface area contributed by atoms with Gasteiger partial charge >= 0.3 is 0 Å². The minimum atomic E-state index is -0.109. The predicted molar refractivity (Wildman–Crippen MR) is 80.2 cm³/mol. The molecule has 1 rings (SSSR count). The predicted octanol–water partition coefficient (Wildman–Crippen LogP) is 2.30. The van der Waals surface area contributed by atoms with E-state index in [2.05, 4.69) is 60.7 Å². The zero-order valence-corrected chi connectivity index (χ0v) is 12.6. The fourth-order valence-corrected chi connectivity index (χ4v) is 1.59. The molecule has 0 atom stereocenters. The summed E-state index contributed by atoms with van der Waals surface area (Å²) in [5.41, 5.74) is 2.29. The molecule has 4 nitrogen and oxygen atoms in total. The maximum absolute atomic E-state index is 5.78. The van der Waals surface area contributed by atoms with Crippen LogP contribution in [0.15, 0.2) is 29.3 Å². The topological polar surface area (TPSA) is 45.7 Å². The molecule has 0 amide bonds. The quantitative estimate of drug-likeness (QED) is 0.647. The van der Waals surface area contributed by atoms with Crippen molar-refractivity contribution < 1.29 is 4.74 Å². The van der Waals surface area contributed by atoms with Gasteiger partial charge in [0.15, 0.2) is 5.96 Å². The van der Waals surface area contributed by atoms with Gasteiger partial charge < -0.3 is 15.4 Å². The molecule has 19 heavy (non-hydrogen) atoms. The van der Waals surface area contributed by atoms with Crippen LogP contribution in [0.4, 0.5) is 0 Å². The standard InChI is InChI=1S/C15H25N3O/c1-15(2,3)19-11-13-8-6-7-12(9-13)10-18-14(16-4)17-5/h6-9H,10-11H2,1-5H3,(H2,16,17,18). The Balaban J connectivity index is 2.57. The number of benzene rings is 1. The fourth-order valence-electron chi connectivity index (χ4n) is 1.59. The Morgan fingerprint density at radius 1 is 1.26 bits per heavy atom. The van der Waals surface area contributed by atoms with Crippen LogP contribution in [0.2, 0.25) is 0 Å². The molecule has 2 N–H and O–H groups in total. The van der Waals surface area contributed by atoms with Crippen LogP contribution in [0.5, 0.6) is 0 Å². The molecule has 0 aliphatic carbocycles. The van der Waals surface area contributed by atoms with E-state index in [-0.39, 0.29) is 5.60 Å². The van der Waals surface area contributed by atoms with Crippen molar-refractivity contribution in [2.24, 2.45) is 4.99 Å². The van der Waals surface area contributed by atoms with Crippen LogP contribution in [-0.2, 0) is 17.9 Å². The average Bonchev–Trinajstić information content (AvgIpc) is 2.37. The molecular weight excluding hydrogens is 238 g/mol. The molecule has 0 radical (unpaired) electrons. The minimum Gasteiger partial charge on any atom is -0.371 e. The smallest absolute Gasteiger partial charge is 0.190 e. The number of aliphatic imine (C=N–C) groups is 1. The summed E-state index contributed by atoms with van der Waals surface area (Å²) in [5, 5.41) is 6.23. The van der Waals surface area contributed by atoms with Crippen LogP contribution >= 0.6 is 0 Å². The fraction of sp³-hybridized carbons (Fsp3) is 0.533. The molecule has 0 saturated heterocycles. The molecule has 0 fully saturated rings. The van der Waals surface area contributed by atoms with E-state index < -0.39 is 0 Å². The van der Waals surface area contributed by atoms with Gasteiger partial charge in [0.25, 0.3) is 0 Å². The largest absolute Gasteiger partial charge is 0.371 e. The van der Waals surface area contributed by atoms with Gasteiger partial charge in [-0.3, -0.25) is 4.99 Å². The molecule has 1 aromatic rings. The van der Waals surface area contributed by atoms with Crippen molar-refractivity contribution in [2.75, 3.05) is 14.1 Å². The van der Waals surface area contributed by atoms with Crippen molar-refractivity contribution in [1.29, 1.82) is 0 Å². The Morgan fingerprint density at radius 2 is 1.95 bits per heavy atom. The Bertz CT molecular complexity index is 422. The Labute approximate surface area is 116 Å². The van der Waals surface area contributed by atoms with E-state index >= 15 is 0 Å². The van der Waals surface area contributed by atoms with Crippen LogP contribution in [-0.4, -0.2) is 25.7 Å². The second-order valence-electron chi connectivity index (χ2n) is 5.40. The molecule has 0 saturated carbocycles. The van der Waals surface area contributed by atoms with E-state index in [1.54, 1.807) is 7.05 Å². The Hall–Kier alpha value is -1.55. The van der Waals surface area contributed by atoms with Gasteiger partial charge in [-0.15, -0.1) is 0 Å². The summed E-state index contributed by atoms with van der Waals surface area (Å²) in [6.07, 6.45) is 0. The van der Waals surface area contributed by atoms with Crippen LogP contribution in [0, 0.1) is 0 Å². The third kappa shape index (κ3) is 6.25. The summed E-state index contributed by atoms with van der Waals surface area (Å²) >= 11 is 0. The molecule has 0 aliphatic heterocycles. The highest BCUT2D eigenvalue weighted by Gasteiger charge is 2.10. The number of hydrogen-bond acceptors (Lipinski definition) is 2. The van der Waals surface area contributed by atoms with E-state index in [1.165, 1.54) is 11.1 Å². The van der Waals surface area contributed by atoms with Crippen molar-refractivity contribution in [3.63, 3.8) is 0 Å². The molecule has 106 valence electrons. The van der Waals surface area contributed by atoms with Gasteiger partial charge in [0.1, 0.15) is 0 Å². The number of hydrogen-bond donors (Lipinski definition) is 2. The Morgan fingerprint density at radius 3 is 2.53 bits per heavy atom. The molecule has 0 heterocycles. The molecule has 0 aliphatic rings. The lowest BCUT2D eigenvalue weighted by atomic mass is 10.1. The highest BCUT2D eigenvalue weighted by molar-refractivity contribution is 5.79. The van der Waals surface area contributed by atoms with E-state index in [0.29, 0.717) is 6.61 Å². The maximum Gasteiger partial charge on any atom is 0.190 e. The van der Waals surface area contributed by atoms with Gasteiger partial charge in [-0.25, -0.2) is 0 Å². The van der Waals surface area contributed by atoms with E-state index in [4.69, 9.17) is 4.74 Å². The van der Waals surface area contributed by atoms with Crippen LogP contribution in [0.25, 0.3) is 0 Å². The van der Waals surface area contributed by atoms with Crippen molar-refractivity contribution in [3.8, 4) is 0 Å². The molecule has 4 heteroatoms. The number of rotatable bonds is 4. The van der Waals surface area contributed by atoms with Crippen LogP contribution < -0.4 is 10.6 Å². The zero-order valence-electron chi connectivity index (χ0n) is 12.6.